The number of aromatic nitrogens is 2. The second-order valence-electron chi connectivity index (χ2n) is 3.63. The van der Waals surface area contributed by atoms with Gasteiger partial charge < -0.3 is 9.26 Å². The first-order valence-electron chi connectivity index (χ1n) is 5.30. The molecule has 0 aliphatic rings. The average Bonchev–Trinajstić information content (AvgIpc) is 2.79. The minimum Gasteiger partial charge on any atom is -0.469 e. The van der Waals surface area contributed by atoms with Gasteiger partial charge in [-0.05, 0) is 11.6 Å². The van der Waals surface area contributed by atoms with Gasteiger partial charge in [0.15, 0.2) is 5.82 Å². The van der Waals surface area contributed by atoms with Crippen molar-refractivity contribution in [1.82, 2.24) is 10.1 Å². The molecule has 6 heteroatoms. The van der Waals surface area contributed by atoms with Gasteiger partial charge in [-0.15, -0.1) is 0 Å². The summed E-state index contributed by atoms with van der Waals surface area (Å²) in [6.45, 7) is 0. The van der Waals surface area contributed by atoms with E-state index in [2.05, 4.69) is 30.8 Å². The second-order valence-corrected chi connectivity index (χ2v) is 4.48. The first-order valence-corrected chi connectivity index (χ1v) is 6.10. The van der Waals surface area contributed by atoms with Crippen LogP contribution in [0.1, 0.15) is 17.3 Å². The van der Waals surface area contributed by atoms with Gasteiger partial charge in [0.05, 0.1) is 7.11 Å². The molecule has 0 aliphatic heterocycles. The monoisotopic (exact) mass is 310 g/mol. The first kappa shape index (κ1) is 12.8. The van der Waals surface area contributed by atoms with E-state index in [1.807, 2.05) is 24.3 Å². The Morgan fingerprint density at radius 3 is 2.94 bits per heavy atom. The molecule has 0 radical (unpaired) electrons. The van der Waals surface area contributed by atoms with E-state index in [9.17, 15) is 4.79 Å². The summed E-state index contributed by atoms with van der Waals surface area (Å²) in [6, 6.07) is 7.80. The van der Waals surface area contributed by atoms with Gasteiger partial charge in [0.2, 0.25) is 5.89 Å². The molecular weight excluding hydrogens is 300 g/mol. The highest BCUT2D eigenvalue weighted by molar-refractivity contribution is 9.10. The van der Waals surface area contributed by atoms with Crippen LogP contribution in [-0.2, 0) is 22.4 Å². The van der Waals surface area contributed by atoms with Crippen LogP contribution in [0.2, 0.25) is 0 Å². The van der Waals surface area contributed by atoms with Crippen molar-refractivity contribution in [3.8, 4) is 0 Å². The van der Waals surface area contributed by atoms with Crippen molar-refractivity contribution in [3.63, 3.8) is 0 Å². The molecule has 2 rings (SSSR count). The van der Waals surface area contributed by atoms with Gasteiger partial charge in [0.1, 0.15) is 6.42 Å². The predicted molar refractivity (Wildman–Crippen MR) is 67.0 cm³/mol. The molecule has 2 aromatic rings. The van der Waals surface area contributed by atoms with Gasteiger partial charge in [0.25, 0.3) is 0 Å². The van der Waals surface area contributed by atoms with Gasteiger partial charge in [-0.2, -0.15) is 4.98 Å². The fourth-order valence-corrected chi connectivity index (χ4v) is 1.87. The van der Waals surface area contributed by atoms with E-state index in [-0.39, 0.29) is 12.3 Å². The Morgan fingerprint density at radius 2 is 2.22 bits per heavy atom. The lowest BCUT2D eigenvalue weighted by atomic mass is 10.1. The molecule has 1 aromatic heterocycles. The maximum absolute atomic E-state index is 11.0. The van der Waals surface area contributed by atoms with Crippen LogP contribution in [0.15, 0.2) is 33.3 Å². The number of hydrogen-bond donors (Lipinski definition) is 0. The lowest BCUT2D eigenvalue weighted by molar-refractivity contribution is -0.140. The Morgan fingerprint density at radius 1 is 1.44 bits per heavy atom. The number of benzene rings is 1. The Hall–Kier alpha value is -1.69. The van der Waals surface area contributed by atoms with Gasteiger partial charge >= 0.3 is 5.97 Å². The lowest BCUT2D eigenvalue weighted by Gasteiger charge is -1.99. The Bertz CT molecular complexity index is 554. The summed E-state index contributed by atoms with van der Waals surface area (Å²) in [5.74, 6) is 0.413. The molecule has 18 heavy (non-hydrogen) atoms. The van der Waals surface area contributed by atoms with Crippen molar-refractivity contribution in [2.24, 2.45) is 0 Å². The summed E-state index contributed by atoms with van der Waals surface area (Å²) in [4.78, 5) is 15.2. The van der Waals surface area contributed by atoms with Crippen molar-refractivity contribution < 1.29 is 14.1 Å². The summed E-state index contributed by atoms with van der Waals surface area (Å²) >= 11 is 3.45. The zero-order valence-electron chi connectivity index (χ0n) is 9.72. The van der Waals surface area contributed by atoms with E-state index in [1.165, 1.54) is 7.11 Å². The van der Waals surface area contributed by atoms with Crippen LogP contribution >= 0.6 is 15.9 Å². The van der Waals surface area contributed by atoms with Crippen LogP contribution < -0.4 is 0 Å². The molecule has 0 N–H and O–H groups in total. The molecule has 1 heterocycles. The smallest absolute Gasteiger partial charge is 0.315 e. The summed E-state index contributed by atoms with van der Waals surface area (Å²) in [6.07, 6.45) is 0.547. The van der Waals surface area contributed by atoms with Crippen LogP contribution in [0.3, 0.4) is 0 Å². The zero-order chi connectivity index (χ0) is 13.0. The van der Waals surface area contributed by atoms with Crippen molar-refractivity contribution in [1.29, 1.82) is 0 Å². The molecule has 0 spiro atoms. The molecule has 94 valence electrons. The van der Waals surface area contributed by atoms with E-state index in [0.717, 1.165) is 10.0 Å². The van der Waals surface area contributed by atoms with Crippen molar-refractivity contribution >= 4 is 21.9 Å². The quantitative estimate of drug-likeness (QED) is 0.809. The lowest BCUT2D eigenvalue weighted by Crippen LogP contribution is -2.04. The molecule has 0 amide bonds. The Balaban J connectivity index is 2.07. The number of nitrogens with zero attached hydrogens (tertiary/aromatic N) is 2. The van der Waals surface area contributed by atoms with Crippen LogP contribution in [0, 0.1) is 0 Å². The van der Waals surface area contributed by atoms with Gasteiger partial charge in [0, 0.05) is 10.9 Å². The van der Waals surface area contributed by atoms with Crippen LogP contribution in [0.5, 0.6) is 0 Å². The molecule has 0 saturated carbocycles. The topological polar surface area (TPSA) is 65.2 Å². The normalized spacial score (nSPS) is 10.3. The second kappa shape index (κ2) is 5.77. The van der Waals surface area contributed by atoms with Crippen LogP contribution in [0.4, 0.5) is 0 Å². The highest BCUT2D eigenvalue weighted by atomic mass is 79.9. The molecular formula is C12H11BrN2O3. The largest absolute Gasteiger partial charge is 0.469 e. The van der Waals surface area contributed by atoms with Crippen molar-refractivity contribution in [2.75, 3.05) is 7.11 Å². The highest BCUT2D eigenvalue weighted by Crippen LogP contribution is 2.18. The maximum atomic E-state index is 11.0. The average molecular weight is 311 g/mol. The van der Waals surface area contributed by atoms with E-state index < -0.39 is 5.97 Å². The van der Waals surface area contributed by atoms with E-state index >= 15 is 0 Å². The van der Waals surface area contributed by atoms with E-state index in [1.54, 1.807) is 0 Å². The first-order chi connectivity index (χ1) is 8.69. The molecule has 1 aromatic carbocycles. The van der Waals surface area contributed by atoms with Crippen LogP contribution in [-0.4, -0.2) is 23.2 Å². The number of rotatable bonds is 4. The fourth-order valence-electron chi connectivity index (χ4n) is 1.44. The summed E-state index contributed by atoms with van der Waals surface area (Å²) in [7, 11) is 1.32. The molecule has 0 aliphatic carbocycles. The third-order valence-electron chi connectivity index (χ3n) is 2.34. The van der Waals surface area contributed by atoms with Crippen molar-refractivity contribution in [2.45, 2.75) is 12.8 Å². The summed E-state index contributed by atoms with van der Waals surface area (Å²) in [5, 5.41) is 3.83. The number of ether oxygens (including phenoxy) is 1. The van der Waals surface area contributed by atoms with Crippen LogP contribution in [0.25, 0.3) is 0 Å². The Kier molecular flexibility index (Phi) is 4.09. The molecule has 0 fully saturated rings. The third-order valence-corrected chi connectivity index (χ3v) is 3.11. The molecule has 0 atom stereocenters. The third kappa shape index (κ3) is 3.16. The van der Waals surface area contributed by atoms with Gasteiger partial charge in [-0.3, -0.25) is 4.79 Å². The standard InChI is InChI=1S/C12H11BrN2O3/c1-17-12(16)7-11-14-10(15-18-11)6-8-4-2-3-5-9(8)13/h2-5H,6-7H2,1H3. The summed E-state index contributed by atoms with van der Waals surface area (Å²) < 4.78 is 10.5. The SMILES string of the molecule is COC(=O)Cc1nc(Cc2ccccc2Br)no1. The zero-order valence-corrected chi connectivity index (χ0v) is 11.3. The number of carbonyl (C=O) groups excluding carboxylic acids is 1. The maximum Gasteiger partial charge on any atom is 0.315 e. The molecule has 0 saturated heterocycles. The minimum absolute atomic E-state index is 0.000536. The number of esters is 1. The van der Waals surface area contributed by atoms with Gasteiger partial charge in [-0.1, -0.05) is 39.3 Å². The number of carbonyl (C=O) groups is 1. The number of halogens is 1. The molecule has 5 nitrogen and oxygen atoms in total. The molecule has 0 unspecified atom stereocenters. The number of hydrogen-bond acceptors (Lipinski definition) is 5. The number of methoxy groups -OCH3 is 1. The molecule has 0 bridgehead atoms. The van der Waals surface area contributed by atoms with E-state index in [0.29, 0.717) is 12.2 Å². The minimum atomic E-state index is -0.397. The highest BCUT2D eigenvalue weighted by Gasteiger charge is 2.12. The Labute approximate surface area is 112 Å². The summed E-state index contributed by atoms with van der Waals surface area (Å²) in [5.41, 5.74) is 1.06. The van der Waals surface area contributed by atoms with Gasteiger partial charge in [-0.25, -0.2) is 0 Å². The predicted octanol–water partition coefficient (Wildman–Crippen LogP) is 2.14. The fraction of sp³-hybridized carbons (Fsp3) is 0.250. The van der Waals surface area contributed by atoms with E-state index in [4.69, 9.17) is 4.52 Å². The van der Waals surface area contributed by atoms with Crippen molar-refractivity contribution in [3.05, 3.63) is 46.0 Å².